The highest BCUT2D eigenvalue weighted by atomic mass is 19.4. The SMILES string of the molecule is CCOCCOc1ccccc1C(=O)N1CCN(c2cccc(C(F)(F)F)c2)CC1. The number of carbonyl (C=O) groups excluding carboxylic acids is 1. The Morgan fingerprint density at radius 2 is 1.73 bits per heavy atom. The molecule has 1 heterocycles. The molecule has 1 amide bonds. The largest absolute Gasteiger partial charge is 0.490 e. The molecule has 0 saturated carbocycles. The Hall–Kier alpha value is -2.74. The van der Waals surface area contributed by atoms with Gasteiger partial charge < -0.3 is 19.3 Å². The average Bonchev–Trinajstić information content (AvgIpc) is 2.76. The van der Waals surface area contributed by atoms with Gasteiger partial charge in [0.2, 0.25) is 0 Å². The van der Waals surface area contributed by atoms with E-state index in [4.69, 9.17) is 9.47 Å². The first-order valence-corrected chi connectivity index (χ1v) is 9.91. The van der Waals surface area contributed by atoms with Crippen molar-refractivity contribution in [3.63, 3.8) is 0 Å². The second-order valence-electron chi connectivity index (χ2n) is 6.87. The fourth-order valence-electron chi connectivity index (χ4n) is 3.34. The van der Waals surface area contributed by atoms with Crippen LogP contribution in [0.5, 0.6) is 5.75 Å². The third kappa shape index (κ3) is 5.44. The lowest BCUT2D eigenvalue weighted by atomic mass is 10.1. The molecular formula is C22H25F3N2O3. The molecule has 0 radical (unpaired) electrons. The first-order chi connectivity index (χ1) is 14.4. The third-order valence-corrected chi connectivity index (χ3v) is 4.91. The highest BCUT2D eigenvalue weighted by Gasteiger charge is 2.31. The van der Waals surface area contributed by atoms with Crippen molar-refractivity contribution in [2.45, 2.75) is 13.1 Å². The van der Waals surface area contributed by atoms with E-state index in [1.165, 1.54) is 6.07 Å². The predicted octanol–water partition coefficient (Wildman–Crippen LogP) is 4.08. The molecule has 0 aromatic heterocycles. The number of hydrogen-bond acceptors (Lipinski definition) is 4. The lowest BCUT2D eigenvalue weighted by molar-refractivity contribution is -0.137. The topological polar surface area (TPSA) is 42.0 Å². The smallest absolute Gasteiger partial charge is 0.416 e. The van der Waals surface area contributed by atoms with Crippen LogP contribution < -0.4 is 9.64 Å². The molecule has 1 aliphatic heterocycles. The van der Waals surface area contributed by atoms with Gasteiger partial charge in [-0.1, -0.05) is 18.2 Å². The van der Waals surface area contributed by atoms with Gasteiger partial charge in [0.15, 0.2) is 0 Å². The van der Waals surface area contributed by atoms with E-state index in [-0.39, 0.29) is 5.91 Å². The van der Waals surface area contributed by atoms with Crippen molar-refractivity contribution >= 4 is 11.6 Å². The van der Waals surface area contributed by atoms with Crippen LogP contribution >= 0.6 is 0 Å². The minimum atomic E-state index is -4.38. The molecule has 3 rings (SSSR count). The second-order valence-corrected chi connectivity index (χ2v) is 6.87. The minimum Gasteiger partial charge on any atom is -0.490 e. The number of piperazine rings is 1. The second kappa shape index (κ2) is 9.84. The predicted molar refractivity (Wildman–Crippen MR) is 108 cm³/mol. The summed E-state index contributed by atoms with van der Waals surface area (Å²) >= 11 is 0. The molecule has 0 atom stereocenters. The van der Waals surface area contributed by atoms with Crippen LogP contribution in [0.25, 0.3) is 0 Å². The maximum atomic E-state index is 13.0. The van der Waals surface area contributed by atoms with Crippen molar-refractivity contribution in [3.8, 4) is 5.75 Å². The van der Waals surface area contributed by atoms with Crippen molar-refractivity contribution in [2.75, 3.05) is 50.9 Å². The summed E-state index contributed by atoms with van der Waals surface area (Å²) in [6.45, 7) is 5.04. The van der Waals surface area contributed by atoms with E-state index in [0.717, 1.165) is 12.1 Å². The van der Waals surface area contributed by atoms with Gasteiger partial charge in [-0.15, -0.1) is 0 Å². The van der Waals surface area contributed by atoms with Crippen LogP contribution in [0.4, 0.5) is 18.9 Å². The Labute approximate surface area is 174 Å². The first kappa shape index (κ1) is 22.0. The van der Waals surface area contributed by atoms with Gasteiger partial charge in [0.05, 0.1) is 17.7 Å². The maximum absolute atomic E-state index is 13.0. The molecule has 0 aliphatic carbocycles. The van der Waals surface area contributed by atoms with Crippen LogP contribution in [-0.2, 0) is 10.9 Å². The summed E-state index contributed by atoms with van der Waals surface area (Å²) in [4.78, 5) is 16.6. The monoisotopic (exact) mass is 422 g/mol. The molecule has 162 valence electrons. The van der Waals surface area contributed by atoms with Crippen molar-refractivity contribution in [1.29, 1.82) is 0 Å². The summed E-state index contributed by atoms with van der Waals surface area (Å²) in [6.07, 6.45) is -4.38. The molecule has 1 fully saturated rings. The number of ether oxygens (including phenoxy) is 2. The standard InChI is InChI=1S/C22H25F3N2O3/c1-2-29-14-15-30-20-9-4-3-8-19(20)21(28)27-12-10-26(11-13-27)18-7-5-6-17(16-18)22(23,24)25/h3-9,16H,2,10-15H2,1H3. The number of amides is 1. The lowest BCUT2D eigenvalue weighted by Crippen LogP contribution is -2.48. The zero-order valence-corrected chi connectivity index (χ0v) is 16.8. The number of halogens is 3. The summed E-state index contributed by atoms with van der Waals surface area (Å²) in [6, 6.07) is 12.3. The van der Waals surface area contributed by atoms with Gasteiger partial charge in [-0.05, 0) is 37.3 Å². The molecule has 5 nitrogen and oxygen atoms in total. The van der Waals surface area contributed by atoms with E-state index in [9.17, 15) is 18.0 Å². The number of alkyl halides is 3. The van der Waals surface area contributed by atoms with E-state index in [1.807, 2.05) is 11.8 Å². The molecule has 0 bridgehead atoms. The maximum Gasteiger partial charge on any atom is 0.416 e. The molecule has 8 heteroatoms. The quantitative estimate of drug-likeness (QED) is 0.631. The highest BCUT2D eigenvalue weighted by Crippen LogP contribution is 2.32. The van der Waals surface area contributed by atoms with Crippen molar-refractivity contribution in [1.82, 2.24) is 4.90 Å². The number of rotatable bonds is 7. The zero-order valence-electron chi connectivity index (χ0n) is 16.8. The number of para-hydroxylation sites is 1. The van der Waals surface area contributed by atoms with Gasteiger partial charge in [0, 0.05) is 38.5 Å². The molecule has 0 N–H and O–H groups in total. The lowest BCUT2D eigenvalue weighted by Gasteiger charge is -2.36. The Morgan fingerprint density at radius 3 is 2.43 bits per heavy atom. The van der Waals surface area contributed by atoms with Gasteiger partial charge in [-0.2, -0.15) is 13.2 Å². The van der Waals surface area contributed by atoms with Crippen LogP contribution in [-0.4, -0.2) is 56.8 Å². The molecule has 2 aromatic carbocycles. The van der Waals surface area contributed by atoms with Crippen molar-refractivity contribution in [2.24, 2.45) is 0 Å². The number of benzene rings is 2. The molecule has 1 saturated heterocycles. The summed E-state index contributed by atoms with van der Waals surface area (Å²) in [5, 5.41) is 0. The van der Waals surface area contributed by atoms with Crippen LogP contribution in [0.1, 0.15) is 22.8 Å². The molecule has 0 spiro atoms. The van der Waals surface area contributed by atoms with E-state index in [1.54, 1.807) is 35.2 Å². The molecule has 1 aliphatic rings. The van der Waals surface area contributed by atoms with E-state index in [0.29, 0.717) is 63.0 Å². The van der Waals surface area contributed by atoms with Crippen molar-refractivity contribution in [3.05, 3.63) is 59.7 Å². The van der Waals surface area contributed by atoms with E-state index >= 15 is 0 Å². The minimum absolute atomic E-state index is 0.147. The number of nitrogens with zero attached hydrogens (tertiary/aromatic N) is 2. The van der Waals surface area contributed by atoms with Crippen LogP contribution in [0.2, 0.25) is 0 Å². The molecule has 0 unspecified atom stereocenters. The summed E-state index contributed by atoms with van der Waals surface area (Å²) < 4.78 is 49.9. The fraction of sp³-hybridized carbons (Fsp3) is 0.409. The Kier molecular flexibility index (Phi) is 7.20. The molecule has 2 aromatic rings. The summed E-state index contributed by atoms with van der Waals surface area (Å²) in [5.41, 5.74) is 0.315. The van der Waals surface area contributed by atoms with Gasteiger partial charge in [-0.25, -0.2) is 0 Å². The number of hydrogen-bond donors (Lipinski definition) is 0. The van der Waals surface area contributed by atoms with Crippen LogP contribution in [0, 0.1) is 0 Å². The molecular weight excluding hydrogens is 397 g/mol. The van der Waals surface area contributed by atoms with Gasteiger partial charge in [0.1, 0.15) is 12.4 Å². The zero-order chi connectivity index (χ0) is 21.6. The normalized spacial score (nSPS) is 14.7. The highest BCUT2D eigenvalue weighted by molar-refractivity contribution is 5.97. The Bertz CT molecular complexity index is 850. The number of carbonyl (C=O) groups is 1. The third-order valence-electron chi connectivity index (χ3n) is 4.91. The fourth-order valence-corrected chi connectivity index (χ4v) is 3.34. The van der Waals surface area contributed by atoms with Gasteiger partial charge in [-0.3, -0.25) is 4.79 Å². The Morgan fingerprint density at radius 1 is 1.00 bits per heavy atom. The van der Waals surface area contributed by atoms with Crippen molar-refractivity contribution < 1.29 is 27.4 Å². The van der Waals surface area contributed by atoms with Crippen LogP contribution in [0.15, 0.2) is 48.5 Å². The van der Waals surface area contributed by atoms with E-state index in [2.05, 4.69) is 0 Å². The van der Waals surface area contributed by atoms with Gasteiger partial charge in [0.25, 0.3) is 5.91 Å². The molecule has 30 heavy (non-hydrogen) atoms. The summed E-state index contributed by atoms with van der Waals surface area (Å²) in [5.74, 6) is 0.355. The average molecular weight is 422 g/mol. The first-order valence-electron chi connectivity index (χ1n) is 9.91. The van der Waals surface area contributed by atoms with Crippen LogP contribution in [0.3, 0.4) is 0 Å². The van der Waals surface area contributed by atoms with E-state index < -0.39 is 11.7 Å². The van der Waals surface area contributed by atoms with Gasteiger partial charge >= 0.3 is 6.18 Å². The Balaban J connectivity index is 1.62. The number of anilines is 1. The summed E-state index contributed by atoms with van der Waals surface area (Å²) in [7, 11) is 0.